The van der Waals surface area contributed by atoms with E-state index in [1.54, 1.807) is 24.3 Å². The van der Waals surface area contributed by atoms with E-state index in [0.717, 1.165) is 5.56 Å². The van der Waals surface area contributed by atoms with Crippen LogP contribution in [0.5, 0.6) is 0 Å². The first-order valence-corrected chi connectivity index (χ1v) is 7.35. The highest BCUT2D eigenvalue weighted by Crippen LogP contribution is 2.33. The van der Waals surface area contributed by atoms with E-state index in [0.29, 0.717) is 23.4 Å². The molecule has 0 radical (unpaired) electrons. The third-order valence-electron chi connectivity index (χ3n) is 3.70. The van der Waals surface area contributed by atoms with E-state index >= 15 is 0 Å². The van der Waals surface area contributed by atoms with Crippen molar-refractivity contribution >= 4 is 23.4 Å². The van der Waals surface area contributed by atoms with E-state index in [9.17, 15) is 9.59 Å². The molecule has 2 amide bonds. The van der Waals surface area contributed by atoms with Crippen LogP contribution in [0, 0.1) is 0 Å². The topological polar surface area (TPSA) is 37.4 Å². The van der Waals surface area contributed by atoms with E-state index < -0.39 is 0 Å². The maximum atomic E-state index is 12.6. The Hall–Kier alpha value is -2.13. The number of halogens is 1. The number of carbonyl (C=O) groups excluding carboxylic acids is 2. The summed E-state index contributed by atoms with van der Waals surface area (Å²) in [5.41, 5.74) is 1.86. The predicted octanol–water partition coefficient (Wildman–Crippen LogP) is 3.65. The van der Waals surface area contributed by atoms with Gasteiger partial charge in [-0.25, -0.2) is 0 Å². The molecule has 0 saturated carbocycles. The molecular weight excluding hydrogens is 286 g/mol. The molecule has 0 fully saturated rings. The van der Waals surface area contributed by atoms with E-state index in [1.807, 2.05) is 30.3 Å². The predicted molar refractivity (Wildman–Crippen MR) is 81.5 cm³/mol. The summed E-state index contributed by atoms with van der Waals surface area (Å²) in [7, 11) is 0. The van der Waals surface area contributed by atoms with Gasteiger partial charge < -0.3 is 0 Å². The van der Waals surface area contributed by atoms with Crippen molar-refractivity contribution in [1.82, 2.24) is 4.90 Å². The maximum absolute atomic E-state index is 12.6. The molecule has 0 bridgehead atoms. The van der Waals surface area contributed by atoms with Crippen molar-refractivity contribution in [3.8, 4) is 0 Å². The second-order valence-corrected chi connectivity index (χ2v) is 5.31. The minimum Gasteiger partial charge on any atom is -0.269 e. The van der Waals surface area contributed by atoms with Gasteiger partial charge in [-0.3, -0.25) is 14.5 Å². The second kappa shape index (κ2) is 5.70. The summed E-state index contributed by atoms with van der Waals surface area (Å²) in [5.74, 6) is -0.100. The van der Waals surface area contributed by atoms with Crippen LogP contribution in [0.1, 0.15) is 38.7 Å². The standard InChI is InChI=1S/C17H14ClNO2/c18-11-10-15(12-6-2-1-3-7-12)19-16(20)13-8-4-5-9-14(13)17(19)21/h1-9,15H,10-11H2/t15-/m1/s1. The normalized spacial score (nSPS) is 15.2. The summed E-state index contributed by atoms with van der Waals surface area (Å²) in [5, 5.41) is 0. The van der Waals surface area contributed by atoms with Gasteiger partial charge in [-0.2, -0.15) is 0 Å². The van der Waals surface area contributed by atoms with Crippen molar-refractivity contribution in [1.29, 1.82) is 0 Å². The molecule has 4 heteroatoms. The van der Waals surface area contributed by atoms with Gasteiger partial charge in [0.15, 0.2) is 0 Å². The molecule has 2 aromatic carbocycles. The average molecular weight is 300 g/mol. The molecule has 0 spiro atoms. The Morgan fingerprint density at radius 2 is 1.38 bits per heavy atom. The van der Waals surface area contributed by atoms with Crippen LogP contribution < -0.4 is 0 Å². The lowest BCUT2D eigenvalue weighted by atomic mass is 10.0. The summed E-state index contributed by atoms with van der Waals surface area (Å²) in [6, 6.07) is 16.1. The van der Waals surface area contributed by atoms with E-state index in [2.05, 4.69) is 0 Å². The fourth-order valence-electron chi connectivity index (χ4n) is 2.71. The Morgan fingerprint density at radius 3 is 1.90 bits per heavy atom. The zero-order chi connectivity index (χ0) is 14.8. The second-order valence-electron chi connectivity index (χ2n) is 4.93. The highest BCUT2D eigenvalue weighted by atomic mass is 35.5. The van der Waals surface area contributed by atoms with Gasteiger partial charge in [0, 0.05) is 5.88 Å². The van der Waals surface area contributed by atoms with Crippen LogP contribution in [0.3, 0.4) is 0 Å². The quantitative estimate of drug-likeness (QED) is 0.638. The number of rotatable bonds is 4. The molecule has 0 saturated heterocycles. The van der Waals surface area contributed by atoms with E-state index in [1.165, 1.54) is 4.90 Å². The van der Waals surface area contributed by atoms with Gasteiger partial charge in [0.05, 0.1) is 17.2 Å². The molecule has 2 aromatic rings. The van der Waals surface area contributed by atoms with Gasteiger partial charge in [0.1, 0.15) is 0 Å². The first-order valence-electron chi connectivity index (χ1n) is 6.82. The molecule has 21 heavy (non-hydrogen) atoms. The Balaban J connectivity index is 2.02. The van der Waals surface area contributed by atoms with Crippen LogP contribution in [-0.2, 0) is 0 Å². The summed E-state index contributed by atoms with van der Waals surface area (Å²) >= 11 is 5.88. The summed E-state index contributed by atoms with van der Waals surface area (Å²) in [6.45, 7) is 0. The lowest BCUT2D eigenvalue weighted by molar-refractivity contribution is 0.0578. The average Bonchev–Trinajstić information content (AvgIpc) is 2.78. The van der Waals surface area contributed by atoms with Gasteiger partial charge >= 0.3 is 0 Å². The molecule has 0 N–H and O–H groups in total. The summed E-state index contributed by atoms with van der Waals surface area (Å²) in [4.78, 5) is 26.5. The Bertz CT molecular complexity index is 649. The van der Waals surface area contributed by atoms with Crippen molar-refractivity contribution in [2.45, 2.75) is 12.5 Å². The van der Waals surface area contributed by atoms with Crippen LogP contribution >= 0.6 is 11.6 Å². The van der Waals surface area contributed by atoms with Crippen LogP contribution in [0.15, 0.2) is 54.6 Å². The van der Waals surface area contributed by atoms with Gasteiger partial charge in [-0.05, 0) is 24.1 Å². The third kappa shape index (κ3) is 2.34. The number of imide groups is 1. The first kappa shape index (κ1) is 13.8. The van der Waals surface area contributed by atoms with Crippen LogP contribution in [0.2, 0.25) is 0 Å². The first-order chi connectivity index (χ1) is 10.2. The number of hydrogen-bond acceptors (Lipinski definition) is 2. The monoisotopic (exact) mass is 299 g/mol. The number of alkyl halides is 1. The Labute approximate surface area is 128 Å². The molecule has 1 aliphatic heterocycles. The molecule has 0 aromatic heterocycles. The van der Waals surface area contributed by atoms with E-state index in [4.69, 9.17) is 11.6 Å². The summed E-state index contributed by atoms with van der Waals surface area (Å²) < 4.78 is 0. The zero-order valence-electron chi connectivity index (χ0n) is 11.3. The van der Waals surface area contributed by atoms with Crippen molar-refractivity contribution < 1.29 is 9.59 Å². The van der Waals surface area contributed by atoms with Crippen molar-refractivity contribution in [2.75, 3.05) is 5.88 Å². The zero-order valence-corrected chi connectivity index (χ0v) is 12.1. The van der Waals surface area contributed by atoms with Crippen LogP contribution in [0.25, 0.3) is 0 Å². The minimum atomic E-state index is -0.323. The van der Waals surface area contributed by atoms with Crippen molar-refractivity contribution in [3.05, 3.63) is 71.3 Å². The number of hydrogen-bond donors (Lipinski definition) is 0. The number of benzene rings is 2. The lowest BCUT2D eigenvalue weighted by Crippen LogP contribution is -2.34. The number of nitrogens with zero attached hydrogens (tertiary/aromatic N) is 1. The van der Waals surface area contributed by atoms with Gasteiger partial charge in [0.25, 0.3) is 11.8 Å². The number of carbonyl (C=O) groups is 2. The van der Waals surface area contributed by atoms with Gasteiger partial charge in [-0.1, -0.05) is 42.5 Å². The lowest BCUT2D eigenvalue weighted by Gasteiger charge is -2.26. The maximum Gasteiger partial charge on any atom is 0.262 e. The van der Waals surface area contributed by atoms with E-state index in [-0.39, 0.29) is 17.9 Å². The molecule has 1 aliphatic rings. The smallest absolute Gasteiger partial charge is 0.262 e. The molecule has 1 atom stereocenters. The molecule has 3 rings (SSSR count). The van der Waals surface area contributed by atoms with Gasteiger partial charge in [0.2, 0.25) is 0 Å². The number of amides is 2. The molecule has 106 valence electrons. The fraction of sp³-hybridized carbons (Fsp3) is 0.176. The molecule has 1 heterocycles. The number of fused-ring (bicyclic) bond motifs is 1. The summed E-state index contributed by atoms with van der Waals surface area (Å²) in [6.07, 6.45) is 0.539. The minimum absolute atomic E-state index is 0.241. The molecular formula is C17H14ClNO2. The SMILES string of the molecule is O=C1c2ccccc2C(=O)N1[C@H](CCCl)c1ccccc1. The van der Waals surface area contributed by atoms with Gasteiger partial charge in [-0.15, -0.1) is 11.6 Å². The molecule has 3 nitrogen and oxygen atoms in total. The van der Waals surface area contributed by atoms with Crippen molar-refractivity contribution in [2.24, 2.45) is 0 Å². The third-order valence-corrected chi connectivity index (χ3v) is 3.92. The molecule has 0 unspecified atom stereocenters. The molecule has 0 aliphatic carbocycles. The highest BCUT2D eigenvalue weighted by molar-refractivity contribution is 6.21. The largest absolute Gasteiger partial charge is 0.269 e. The Morgan fingerprint density at radius 1 is 0.857 bits per heavy atom. The Kier molecular flexibility index (Phi) is 3.76. The van der Waals surface area contributed by atoms with Crippen LogP contribution in [-0.4, -0.2) is 22.6 Å². The van der Waals surface area contributed by atoms with Crippen molar-refractivity contribution in [3.63, 3.8) is 0 Å². The van der Waals surface area contributed by atoms with Crippen LogP contribution in [0.4, 0.5) is 0 Å². The fourth-order valence-corrected chi connectivity index (χ4v) is 2.92. The highest BCUT2D eigenvalue weighted by Gasteiger charge is 2.39.